The van der Waals surface area contributed by atoms with Gasteiger partial charge in [0.2, 0.25) is 0 Å². The minimum absolute atomic E-state index is 0.106. The Bertz CT molecular complexity index is 1110. The fourth-order valence-electron chi connectivity index (χ4n) is 2.38. The molecule has 6 heteroatoms. The number of hydrogen-bond donors (Lipinski definition) is 2. The van der Waals surface area contributed by atoms with Crippen molar-refractivity contribution < 1.29 is 13.0 Å². The smallest absolute Gasteiger partial charge is 0.263 e. The lowest BCUT2D eigenvalue weighted by atomic mass is 10.1. The SMILES string of the molecule is [2H]C([2H])([2H])C1([2H])NC(=O)c2sc3ccc4nc(Cl)ccc4c3c2NC1([2H])[2H]. The Hall–Kier alpha value is -1.85. The molecule has 0 aliphatic carbocycles. The van der Waals surface area contributed by atoms with Gasteiger partial charge in [0.05, 0.1) is 15.3 Å². The van der Waals surface area contributed by atoms with Crippen molar-refractivity contribution in [1.82, 2.24) is 10.3 Å². The molecule has 4 rings (SSSR count). The molecule has 1 amide bonds. The van der Waals surface area contributed by atoms with Crippen LogP contribution in [0.1, 0.15) is 24.7 Å². The molecule has 21 heavy (non-hydrogen) atoms. The van der Waals surface area contributed by atoms with E-state index in [0.717, 1.165) is 11.3 Å². The van der Waals surface area contributed by atoms with Crippen molar-refractivity contribution in [2.45, 2.75) is 12.9 Å². The number of thiophene rings is 1. The van der Waals surface area contributed by atoms with Crippen LogP contribution in [0.3, 0.4) is 0 Å². The second-order valence-electron chi connectivity index (χ2n) is 4.52. The van der Waals surface area contributed by atoms with E-state index in [1.54, 1.807) is 24.3 Å². The molecule has 3 aromatic rings. The van der Waals surface area contributed by atoms with Crippen molar-refractivity contribution in [3.8, 4) is 0 Å². The van der Waals surface area contributed by atoms with E-state index in [2.05, 4.69) is 15.6 Å². The van der Waals surface area contributed by atoms with Crippen LogP contribution < -0.4 is 10.6 Å². The van der Waals surface area contributed by atoms with Crippen LogP contribution >= 0.6 is 22.9 Å². The number of carbonyl (C=O) groups excluding carboxylic acids is 1. The third kappa shape index (κ3) is 1.96. The number of hydrogen-bond acceptors (Lipinski definition) is 4. The van der Waals surface area contributed by atoms with Crippen molar-refractivity contribution in [3.05, 3.63) is 34.3 Å². The third-order valence-electron chi connectivity index (χ3n) is 3.25. The van der Waals surface area contributed by atoms with Gasteiger partial charge in [-0.15, -0.1) is 11.3 Å². The van der Waals surface area contributed by atoms with Gasteiger partial charge in [0, 0.05) is 32.1 Å². The van der Waals surface area contributed by atoms with Gasteiger partial charge in [-0.2, -0.15) is 0 Å². The summed E-state index contributed by atoms with van der Waals surface area (Å²) in [6.07, 6.45) is 0. The first-order valence-electron chi connectivity index (χ1n) is 9.07. The number of nitrogens with one attached hydrogen (secondary N) is 2. The maximum Gasteiger partial charge on any atom is 0.263 e. The molecule has 1 atom stereocenters. The number of rotatable bonds is 0. The van der Waals surface area contributed by atoms with Crippen LogP contribution in [0.4, 0.5) is 5.69 Å². The lowest BCUT2D eigenvalue weighted by Gasteiger charge is -2.09. The fraction of sp³-hybridized carbons (Fsp3) is 0.200. The van der Waals surface area contributed by atoms with Crippen LogP contribution in [0.2, 0.25) is 5.15 Å². The van der Waals surface area contributed by atoms with E-state index in [0.29, 0.717) is 21.0 Å². The van der Waals surface area contributed by atoms with E-state index in [1.165, 1.54) is 0 Å². The van der Waals surface area contributed by atoms with Gasteiger partial charge in [0.1, 0.15) is 10.0 Å². The minimum atomic E-state index is -3.10. The number of aromatic nitrogens is 1. The molecule has 0 fully saturated rings. The summed E-state index contributed by atoms with van der Waals surface area (Å²) < 4.78 is 48.0. The van der Waals surface area contributed by atoms with E-state index in [4.69, 9.17) is 19.8 Å². The van der Waals surface area contributed by atoms with Gasteiger partial charge >= 0.3 is 0 Å². The molecule has 0 spiro atoms. The minimum Gasteiger partial charge on any atom is -0.381 e. The Morgan fingerprint density at radius 2 is 2.43 bits per heavy atom. The molecule has 1 aliphatic rings. The molecule has 1 unspecified atom stereocenters. The first kappa shape index (κ1) is 7.96. The second-order valence-corrected chi connectivity index (χ2v) is 5.96. The molecule has 0 bridgehead atoms. The van der Waals surface area contributed by atoms with Crippen molar-refractivity contribution in [1.29, 1.82) is 0 Å². The summed E-state index contributed by atoms with van der Waals surface area (Å²) in [6.45, 7) is -5.87. The van der Waals surface area contributed by atoms with Gasteiger partial charge in [-0.25, -0.2) is 4.98 Å². The maximum absolute atomic E-state index is 12.7. The quantitative estimate of drug-likeness (QED) is 0.621. The number of benzene rings is 1. The zero-order valence-corrected chi connectivity index (χ0v) is 12.0. The summed E-state index contributed by atoms with van der Waals surface area (Å²) in [5.74, 6) is -0.818. The van der Waals surface area contributed by atoms with Gasteiger partial charge < -0.3 is 10.6 Å². The van der Waals surface area contributed by atoms with Crippen LogP contribution in [-0.2, 0) is 0 Å². The molecular formula is C15H12ClN3OS. The number of halogens is 1. The van der Waals surface area contributed by atoms with Crippen LogP contribution in [-0.4, -0.2) is 23.4 Å². The lowest BCUT2D eigenvalue weighted by Crippen LogP contribution is -2.34. The number of anilines is 1. The predicted octanol–water partition coefficient (Wildman–Crippen LogP) is 3.65. The van der Waals surface area contributed by atoms with Crippen molar-refractivity contribution in [2.24, 2.45) is 0 Å². The molecule has 2 aromatic heterocycles. The summed E-state index contributed by atoms with van der Waals surface area (Å²) in [6, 6.07) is 3.90. The number of pyridine rings is 1. The lowest BCUT2D eigenvalue weighted by molar-refractivity contribution is 0.0949. The zero-order valence-electron chi connectivity index (χ0n) is 16.5. The first-order valence-corrected chi connectivity index (χ1v) is 7.26. The Morgan fingerprint density at radius 3 is 3.29 bits per heavy atom. The summed E-state index contributed by atoms with van der Waals surface area (Å²) in [4.78, 5) is 17.0. The number of nitrogens with zero attached hydrogens (tertiary/aromatic N) is 1. The number of amides is 1. The highest BCUT2D eigenvalue weighted by molar-refractivity contribution is 7.21. The van der Waals surface area contributed by atoms with E-state index >= 15 is 0 Å². The van der Waals surface area contributed by atoms with Crippen LogP contribution in [0.5, 0.6) is 0 Å². The topological polar surface area (TPSA) is 54.0 Å². The summed E-state index contributed by atoms with van der Waals surface area (Å²) >= 11 is 7.02. The van der Waals surface area contributed by atoms with Crippen molar-refractivity contribution in [2.75, 3.05) is 11.8 Å². The van der Waals surface area contributed by atoms with E-state index in [9.17, 15) is 4.79 Å². The molecular weight excluding hydrogens is 306 g/mol. The van der Waals surface area contributed by atoms with Crippen molar-refractivity contribution >= 4 is 55.5 Å². The van der Waals surface area contributed by atoms with E-state index in [-0.39, 0.29) is 15.7 Å². The molecule has 0 saturated heterocycles. The highest BCUT2D eigenvalue weighted by Gasteiger charge is 2.24. The van der Waals surface area contributed by atoms with Gasteiger partial charge in [0.15, 0.2) is 0 Å². The second kappa shape index (κ2) is 4.58. The zero-order chi connectivity index (χ0) is 19.8. The fourth-order valence-corrected chi connectivity index (χ4v) is 3.61. The number of carbonyl (C=O) groups is 1. The third-order valence-corrected chi connectivity index (χ3v) is 4.61. The van der Waals surface area contributed by atoms with Gasteiger partial charge in [-0.05, 0) is 31.1 Å². The van der Waals surface area contributed by atoms with E-state index < -0.39 is 25.3 Å². The van der Waals surface area contributed by atoms with Gasteiger partial charge in [-0.3, -0.25) is 4.79 Å². The molecule has 3 heterocycles. The molecule has 0 saturated carbocycles. The molecule has 106 valence electrons. The Kier molecular flexibility index (Phi) is 1.74. The molecule has 2 N–H and O–H groups in total. The molecule has 1 aliphatic heterocycles. The normalized spacial score (nSPS) is 28.9. The monoisotopic (exact) mass is 323 g/mol. The van der Waals surface area contributed by atoms with Crippen LogP contribution in [0, 0.1) is 0 Å². The average Bonchev–Trinajstić information content (AvgIpc) is 2.88. The van der Waals surface area contributed by atoms with Gasteiger partial charge in [-0.1, -0.05) is 11.6 Å². The van der Waals surface area contributed by atoms with Crippen LogP contribution in [0.15, 0.2) is 24.3 Å². The standard InChI is InChI=1S/C15H12ClN3OS/c1-7-6-17-13-12-8-2-5-11(16)19-9(8)3-4-10(12)21-14(13)15(20)18-7/h2-5,7,17H,6H2,1H3,(H,18,20)/i1D3,6D2,7D. The van der Waals surface area contributed by atoms with Crippen molar-refractivity contribution in [3.63, 3.8) is 0 Å². The predicted molar refractivity (Wildman–Crippen MR) is 87.6 cm³/mol. The highest BCUT2D eigenvalue weighted by Crippen LogP contribution is 2.40. The van der Waals surface area contributed by atoms with Crippen LogP contribution in [0.25, 0.3) is 21.0 Å². The maximum atomic E-state index is 12.7. The summed E-state index contributed by atoms with van der Waals surface area (Å²) in [5, 5.41) is 6.03. The summed E-state index contributed by atoms with van der Waals surface area (Å²) in [5.41, 5.74) is 0.696. The summed E-state index contributed by atoms with van der Waals surface area (Å²) in [7, 11) is 0. The molecule has 4 nitrogen and oxygen atoms in total. The highest BCUT2D eigenvalue weighted by atomic mass is 35.5. The first-order chi connectivity index (χ1) is 12.4. The average molecular weight is 324 g/mol. The molecule has 0 radical (unpaired) electrons. The Labute approximate surface area is 138 Å². The Morgan fingerprint density at radius 1 is 1.52 bits per heavy atom. The molecule has 1 aromatic carbocycles. The Balaban J connectivity index is 2.03. The number of fused-ring (bicyclic) bond motifs is 5. The van der Waals surface area contributed by atoms with Gasteiger partial charge in [0.25, 0.3) is 5.91 Å². The largest absolute Gasteiger partial charge is 0.381 e. The van der Waals surface area contributed by atoms with E-state index in [1.807, 2.05) is 0 Å².